The van der Waals surface area contributed by atoms with Gasteiger partial charge in [0, 0.05) is 28.6 Å². The molecule has 0 saturated carbocycles. The summed E-state index contributed by atoms with van der Waals surface area (Å²) in [5, 5.41) is 4.19. The fourth-order valence-electron chi connectivity index (χ4n) is 1.68. The summed E-state index contributed by atoms with van der Waals surface area (Å²) >= 11 is 5.59. The third kappa shape index (κ3) is 3.01. The Morgan fingerprint density at radius 3 is 3.14 bits per heavy atom. The molecule has 0 amide bonds. The van der Waals surface area contributed by atoms with Crippen molar-refractivity contribution in [2.75, 3.05) is 18.8 Å². The van der Waals surface area contributed by atoms with Gasteiger partial charge in [-0.2, -0.15) is 11.8 Å². The van der Waals surface area contributed by atoms with Crippen molar-refractivity contribution in [3.63, 3.8) is 0 Å². The van der Waals surface area contributed by atoms with Gasteiger partial charge in [0.2, 0.25) is 0 Å². The van der Waals surface area contributed by atoms with Crippen LogP contribution in [0, 0.1) is 0 Å². The summed E-state index contributed by atoms with van der Waals surface area (Å²) in [6.07, 6.45) is 1.18. The van der Waals surface area contributed by atoms with E-state index in [2.05, 4.69) is 57.3 Å². The molecule has 1 atom stereocenters. The number of thioether (sulfide) groups is 1. The van der Waals surface area contributed by atoms with Crippen LogP contribution in [0.1, 0.15) is 5.56 Å². The average molecular weight is 272 g/mol. The lowest BCUT2D eigenvalue weighted by Crippen LogP contribution is -2.33. The summed E-state index contributed by atoms with van der Waals surface area (Å²) in [5.41, 5.74) is 1.43. The third-order valence-electron chi connectivity index (χ3n) is 2.36. The van der Waals surface area contributed by atoms with Crippen molar-refractivity contribution >= 4 is 27.7 Å². The Kier molecular flexibility index (Phi) is 3.90. The molecule has 0 radical (unpaired) electrons. The van der Waals surface area contributed by atoms with Crippen molar-refractivity contribution in [2.45, 2.75) is 11.7 Å². The van der Waals surface area contributed by atoms with Crippen molar-refractivity contribution in [3.05, 3.63) is 34.3 Å². The highest BCUT2D eigenvalue weighted by atomic mass is 79.9. The summed E-state index contributed by atoms with van der Waals surface area (Å²) in [7, 11) is 0. The van der Waals surface area contributed by atoms with Crippen molar-refractivity contribution in [2.24, 2.45) is 0 Å². The maximum atomic E-state index is 3.50. The normalized spacial score (nSPS) is 22.2. The van der Waals surface area contributed by atoms with E-state index < -0.39 is 0 Å². The Bertz CT molecular complexity index is 297. The molecule has 1 aromatic carbocycles. The van der Waals surface area contributed by atoms with Gasteiger partial charge in [-0.15, -0.1) is 0 Å². The quantitative estimate of drug-likeness (QED) is 0.888. The highest BCUT2D eigenvalue weighted by molar-refractivity contribution is 9.10. The zero-order chi connectivity index (χ0) is 9.80. The molecule has 1 saturated heterocycles. The highest BCUT2D eigenvalue weighted by Crippen LogP contribution is 2.20. The molecule has 3 heteroatoms. The van der Waals surface area contributed by atoms with Crippen LogP contribution in [0.5, 0.6) is 0 Å². The molecule has 0 aliphatic carbocycles. The molecule has 1 fully saturated rings. The van der Waals surface area contributed by atoms with Crippen LogP contribution in [-0.4, -0.2) is 24.1 Å². The fraction of sp³-hybridized carbons (Fsp3) is 0.455. The molecule has 14 heavy (non-hydrogen) atoms. The van der Waals surface area contributed by atoms with Crippen LogP contribution < -0.4 is 5.32 Å². The van der Waals surface area contributed by atoms with Crippen molar-refractivity contribution in [1.82, 2.24) is 5.32 Å². The first-order chi connectivity index (χ1) is 6.84. The van der Waals surface area contributed by atoms with E-state index in [0.29, 0.717) is 0 Å². The van der Waals surface area contributed by atoms with Gasteiger partial charge in [-0.05, 0) is 24.1 Å². The van der Waals surface area contributed by atoms with Crippen LogP contribution in [0.3, 0.4) is 0 Å². The molecule has 1 aliphatic heterocycles. The number of rotatable bonds is 2. The van der Waals surface area contributed by atoms with Crippen molar-refractivity contribution in [3.8, 4) is 0 Å². The minimum Gasteiger partial charge on any atom is -0.315 e. The summed E-state index contributed by atoms with van der Waals surface area (Å²) in [6.45, 7) is 2.32. The number of hydrogen-bond donors (Lipinski definition) is 1. The van der Waals surface area contributed by atoms with Crippen LogP contribution in [0.2, 0.25) is 0 Å². The molecule has 1 unspecified atom stereocenters. The lowest BCUT2D eigenvalue weighted by molar-refractivity contribution is 0.666. The van der Waals surface area contributed by atoms with E-state index in [1.807, 2.05) is 0 Å². The van der Waals surface area contributed by atoms with E-state index in [9.17, 15) is 0 Å². The molecular weight excluding hydrogens is 258 g/mol. The van der Waals surface area contributed by atoms with Gasteiger partial charge in [-0.3, -0.25) is 0 Å². The number of halogens is 1. The van der Waals surface area contributed by atoms with Gasteiger partial charge in [0.25, 0.3) is 0 Å². The van der Waals surface area contributed by atoms with Gasteiger partial charge in [0.05, 0.1) is 0 Å². The lowest BCUT2D eigenvalue weighted by atomic mass is 10.1. The van der Waals surface area contributed by atoms with Gasteiger partial charge in [-0.25, -0.2) is 0 Å². The highest BCUT2D eigenvalue weighted by Gasteiger charge is 2.13. The maximum Gasteiger partial charge on any atom is 0.0213 e. The van der Waals surface area contributed by atoms with Gasteiger partial charge in [0.1, 0.15) is 0 Å². The fourth-order valence-corrected chi connectivity index (χ4v) is 3.27. The Morgan fingerprint density at radius 2 is 2.43 bits per heavy atom. The van der Waals surface area contributed by atoms with Crippen molar-refractivity contribution in [1.29, 1.82) is 0 Å². The van der Waals surface area contributed by atoms with E-state index in [1.165, 1.54) is 28.8 Å². The molecule has 1 aromatic rings. The minimum absolute atomic E-state index is 0.748. The predicted octanol–water partition coefficient (Wildman–Crippen LogP) is 2.70. The third-order valence-corrected chi connectivity index (χ3v) is 4.09. The first kappa shape index (κ1) is 10.5. The molecule has 0 bridgehead atoms. The Hall–Kier alpha value is 0.01000. The summed E-state index contributed by atoms with van der Waals surface area (Å²) in [6, 6.07) is 8.62. The molecule has 1 nitrogen and oxygen atoms in total. The molecule has 0 aromatic heterocycles. The predicted molar refractivity (Wildman–Crippen MR) is 67.0 cm³/mol. The van der Waals surface area contributed by atoms with Gasteiger partial charge in [0.15, 0.2) is 0 Å². The van der Waals surface area contributed by atoms with Gasteiger partial charge >= 0.3 is 0 Å². The van der Waals surface area contributed by atoms with E-state index in [0.717, 1.165) is 11.8 Å². The number of benzene rings is 1. The van der Waals surface area contributed by atoms with Gasteiger partial charge in [-0.1, -0.05) is 28.1 Å². The van der Waals surface area contributed by atoms with E-state index >= 15 is 0 Å². The smallest absolute Gasteiger partial charge is 0.0213 e. The second-order valence-corrected chi connectivity index (χ2v) is 5.85. The van der Waals surface area contributed by atoms with Crippen molar-refractivity contribution < 1.29 is 0 Å². The molecule has 76 valence electrons. The van der Waals surface area contributed by atoms with E-state index in [-0.39, 0.29) is 0 Å². The van der Waals surface area contributed by atoms with Crippen LogP contribution >= 0.6 is 27.7 Å². The number of hydrogen-bond acceptors (Lipinski definition) is 2. The lowest BCUT2D eigenvalue weighted by Gasteiger charge is -2.22. The molecule has 2 rings (SSSR count). The molecule has 1 aliphatic rings. The van der Waals surface area contributed by atoms with E-state index in [4.69, 9.17) is 0 Å². The molecule has 1 N–H and O–H groups in total. The minimum atomic E-state index is 0.748. The average Bonchev–Trinajstić information content (AvgIpc) is 2.19. The SMILES string of the molecule is Brc1cccc(CC2CNCCS2)c1. The molecule has 1 heterocycles. The molecule has 0 spiro atoms. The van der Waals surface area contributed by atoms with Crippen LogP contribution in [0.25, 0.3) is 0 Å². The van der Waals surface area contributed by atoms with Gasteiger partial charge < -0.3 is 5.32 Å². The first-order valence-electron chi connectivity index (χ1n) is 4.91. The monoisotopic (exact) mass is 271 g/mol. The van der Waals surface area contributed by atoms with E-state index in [1.54, 1.807) is 0 Å². The standard InChI is InChI=1S/C11H14BrNS/c12-10-3-1-2-9(6-10)7-11-8-13-4-5-14-11/h1-3,6,11,13H,4-5,7-8H2. The largest absolute Gasteiger partial charge is 0.315 e. The Morgan fingerprint density at radius 1 is 1.50 bits per heavy atom. The Labute approximate surface area is 97.8 Å². The summed E-state index contributed by atoms with van der Waals surface area (Å²) in [5.74, 6) is 1.25. The second kappa shape index (κ2) is 5.19. The van der Waals surface area contributed by atoms with Crippen LogP contribution in [0.15, 0.2) is 28.7 Å². The second-order valence-electron chi connectivity index (χ2n) is 3.53. The van der Waals surface area contributed by atoms with Crippen LogP contribution in [0.4, 0.5) is 0 Å². The Balaban J connectivity index is 1.95. The first-order valence-corrected chi connectivity index (χ1v) is 6.75. The zero-order valence-electron chi connectivity index (χ0n) is 8.00. The summed E-state index contributed by atoms with van der Waals surface area (Å²) in [4.78, 5) is 0. The number of nitrogens with one attached hydrogen (secondary N) is 1. The maximum absolute atomic E-state index is 3.50. The topological polar surface area (TPSA) is 12.0 Å². The zero-order valence-corrected chi connectivity index (χ0v) is 10.4. The summed E-state index contributed by atoms with van der Waals surface area (Å²) < 4.78 is 1.18. The van der Waals surface area contributed by atoms with Crippen LogP contribution in [-0.2, 0) is 6.42 Å². The molecular formula is C11H14BrNS.